The first kappa shape index (κ1) is 18.5. The van der Waals surface area contributed by atoms with Crippen LogP contribution in [0.1, 0.15) is 5.56 Å². The molecule has 2 aromatic carbocycles. The van der Waals surface area contributed by atoms with E-state index in [-0.39, 0.29) is 12.2 Å². The first-order valence-corrected chi connectivity index (χ1v) is 8.18. The molecule has 2 aromatic rings. The smallest absolute Gasteiger partial charge is 0.266 e. The Labute approximate surface area is 158 Å². The van der Waals surface area contributed by atoms with E-state index < -0.39 is 5.91 Å². The molecule has 0 saturated carbocycles. The highest BCUT2D eigenvalue weighted by Crippen LogP contribution is 2.26. The fraction of sp³-hybridized carbons (Fsp3) is 0.0556. The van der Waals surface area contributed by atoms with Gasteiger partial charge in [0.1, 0.15) is 23.5 Å². The highest BCUT2D eigenvalue weighted by molar-refractivity contribution is 9.10. The second kappa shape index (κ2) is 8.89. The minimum Gasteiger partial charge on any atom is -0.478 e. The summed E-state index contributed by atoms with van der Waals surface area (Å²) in [6.45, 7) is -0.138. The van der Waals surface area contributed by atoms with E-state index in [1.165, 1.54) is 6.08 Å². The summed E-state index contributed by atoms with van der Waals surface area (Å²) in [7, 11) is 0. The van der Waals surface area contributed by atoms with Crippen molar-refractivity contribution in [3.63, 3.8) is 0 Å². The third kappa shape index (κ3) is 5.36. The first-order chi connectivity index (χ1) is 12.0. The number of hydrogen-bond acceptors (Lipinski definition) is 4. The number of benzene rings is 2. The van der Waals surface area contributed by atoms with Gasteiger partial charge < -0.3 is 10.1 Å². The van der Waals surface area contributed by atoms with Crippen molar-refractivity contribution in [1.29, 1.82) is 10.5 Å². The molecule has 0 fully saturated rings. The maximum Gasteiger partial charge on any atom is 0.266 e. The number of ether oxygens (including phenoxy) is 1. The van der Waals surface area contributed by atoms with Crippen LogP contribution in [0.5, 0.6) is 5.75 Å². The largest absolute Gasteiger partial charge is 0.478 e. The average Bonchev–Trinajstić information content (AvgIpc) is 2.60. The van der Waals surface area contributed by atoms with Crippen molar-refractivity contribution in [2.45, 2.75) is 0 Å². The van der Waals surface area contributed by atoms with Crippen LogP contribution in [0.4, 0.5) is 5.69 Å². The number of halogens is 2. The molecule has 0 atom stereocenters. The minimum absolute atomic E-state index is 0.102. The minimum atomic E-state index is -0.559. The van der Waals surface area contributed by atoms with Gasteiger partial charge >= 0.3 is 0 Å². The number of rotatable bonds is 5. The van der Waals surface area contributed by atoms with Gasteiger partial charge in [-0.25, -0.2) is 0 Å². The molecule has 0 aliphatic rings. The summed E-state index contributed by atoms with van der Waals surface area (Å²) >= 11 is 9.13. The summed E-state index contributed by atoms with van der Waals surface area (Å²) in [5.41, 5.74) is 0.924. The maximum absolute atomic E-state index is 12.3. The number of carbonyl (C=O) groups is 1. The third-order valence-corrected chi connectivity index (χ3v) is 3.78. The fourth-order valence-corrected chi connectivity index (χ4v) is 2.41. The van der Waals surface area contributed by atoms with Crippen molar-refractivity contribution < 1.29 is 9.53 Å². The highest BCUT2D eigenvalue weighted by atomic mass is 79.9. The van der Waals surface area contributed by atoms with Crippen LogP contribution in [-0.4, -0.2) is 12.5 Å². The molecule has 1 N–H and O–H groups in total. The second-order valence-corrected chi connectivity index (χ2v) is 6.11. The predicted molar refractivity (Wildman–Crippen MR) is 98.9 cm³/mol. The molecule has 5 nitrogen and oxygen atoms in total. The number of nitrogens with zero attached hydrogens (tertiary/aromatic N) is 2. The van der Waals surface area contributed by atoms with Gasteiger partial charge in [-0.05, 0) is 48.5 Å². The standard InChI is InChI=1S/C18H11BrClN3O2/c19-14-1-6-17(25-8-7-21)12(10-14)9-13(11-22)18(24)23-16-4-2-15(20)3-5-16/h1-6,9-10H,8H2,(H,23,24)/b13-9+. The van der Waals surface area contributed by atoms with E-state index in [1.54, 1.807) is 42.5 Å². The van der Waals surface area contributed by atoms with Crippen LogP contribution < -0.4 is 10.1 Å². The van der Waals surface area contributed by atoms with Gasteiger partial charge in [-0.2, -0.15) is 10.5 Å². The van der Waals surface area contributed by atoms with E-state index in [0.717, 1.165) is 4.47 Å². The zero-order chi connectivity index (χ0) is 18.2. The Kier molecular flexibility index (Phi) is 6.59. The van der Waals surface area contributed by atoms with Crippen LogP contribution >= 0.6 is 27.5 Å². The van der Waals surface area contributed by atoms with Crippen molar-refractivity contribution in [2.75, 3.05) is 11.9 Å². The number of amides is 1. The van der Waals surface area contributed by atoms with E-state index in [2.05, 4.69) is 21.2 Å². The number of nitrogens with one attached hydrogen (secondary N) is 1. The summed E-state index contributed by atoms with van der Waals surface area (Å²) in [6, 6.07) is 15.4. The molecule has 0 radical (unpaired) electrons. The van der Waals surface area contributed by atoms with Crippen molar-refractivity contribution in [1.82, 2.24) is 0 Å². The van der Waals surface area contributed by atoms with Crippen molar-refractivity contribution in [3.8, 4) is 17.9 Å². The van der Waals surface area contributed by atoms with Crippen LogP contribution in [0.2, 0.25) is 5.02 Å². The molecule has 0 aromatic heterocycles. The van der Waals surface area contributed by atoms with Crippen LogP contribution in [0.3, 0.4) is 0 Å². The summed E-state index contributed by atoms with van der Waals surface area (Å²) in [4.78, 5) is 12.3. The number of hydrogen-bond donors (Lipinski definition) is 1. The lowest BCUT2D eigenvalue weighted by Crippen LogP contribution is -2.13. The molecule has 124 valence electrons. The number of carbonyl (C=O) groups excluding carboxylic acids is 1. The maximum atomic E-state index is 12.3. The second-order valence-electron chi connectivity index (χ2n) is 4.76. The van der Waals surface area contributed by atoms with Crippen molar-refractivity contribution >= 4 is 45.2 Å². The van der Waals surface area contributed by atoms with Gasteiger partial charge in [0.2, 0.25) is 0 Å². The number of anilines is 1. The molecule has 7 heteroatoms. The molecule has 1 amide bonds. The van der Waals surface area contributed by atoms with Gasteiger partial charge in [-0.3, -0.25) is 4.79 Å². The third-order valence-electron chi connectivity index (χ3n) is 3.03. The Bertz CT molecular complexity index is 896. The molecular weight excluding hydrogens is 406 g/mol. The lowest BCUT2D eigenvalue weighted by Gasteiger charge is -2.08. The molecule has 25 heavy (non-hydrogen) atoms. The highest BCUT2D eigenvalue weighted by Gasteiger charge is 2.12. The molecule has 0 aliphatic carbocycles. The fourth-order valence-electron chi connectivity index (χ4n) is 1.91. The summed E-state index contributed by atoms with van der Waals surface area (Å²) in [5, 5.41) is 21.1. The van der Waals surface area contributed by atoms with Crippen LogP contribution in [0, 0.1) is 22.7 Å². The Morgan fingerprint density at radius 2 is 1.96 bits per heavy atom. The molecule has 0 heterocycles. The lowest BCUT2D eigenvalue weighted by molar-refractivity contribution is -0.112. The molecule has 0 aliphatic heterocycles. The van der Waals surface area contributed by atoms with Crippen LogP contribution in [-0.2, 0) is 4.79 Å². The van der Waals surface area contributed by atoms with Gasteiger partial charge in [-0.1, -0.05) is 27.5 Å². The van der Waals surface area contributed by atoms with Crippen molar-refractivity contribution in [2.24, 2.45) is 0 Å². The quantitative estimate of drug-likeness (QED) is 0.572. The average molecular weight is 417 g/mol. The Balaban J connectivity index is 2.29. The topological polar surface area (TPSA) is 85.9 Å². The zero-order valence-electron chi connectivity index (χ0n) is 12.8. The molecule has 0 bridgehead atoms. The first-order valence-electron chi connectivity index (χ1n) is 7.01. The van der Waals surface area contributed by atoms with Crippen LogP contribution in [0.15, 0.2) is 52.5 Å². The van der Waals surface area contributed by atoms with Gasteiger partial charge in [0.25, 0.3) is 5.91 Å². The summed E-state index contributed by atoms with van der Waals surface area (Å²) < 4.78 is 6.06. The van der Waals surface area contributed by atoms with E-state index in [0.29, 0.717) is 22.0 Å². The summed E-state index contributed by atoms with van der Waals surface area (Å²) in [6.07, 6.45) is 1.41. The molecule has 2 rings (SSSR count). The Hall–Kier alpha value is -2.80. The predicted octanol–water partition coefficient (Wildman–Crippen LogP) is 4.55. The van der Waals surface area contributed by atoms with Gasteiger partial charge in [0.15, 0.2) is 6.61 Å². The lowest BCUT2D eigenvalue weighted by atomic mass is 10.1. The van der Waals surface area contributed by atoms with E-state index in [1.807, 2.05) is 12.1 Å². The molecular formula is C18H11BrClN3O2. The number of nitriles is 2. The summed E-state index contributed by atoms with van der Waals surface area (Å²) in [5.74, 6) is -0.159. The zero-order valence-corrected chi connectivity index (χ0v) is 15.1. The molecule has 0 spiro atoms. The van der Waals surface area contributed by atoms with Gasteiger partial charge in [0, 0.05) is 20.7 Å². The Morgan fingerprint density at radius 1 is 1.24 bits per heavy atom. The monoisotopic (exact) mass is 415 g/mol. The van der Waals surface area contributed by atoms with E-state index in [4.69, 9.17) is 21.6 Å². The van der Waals surface area contributed by atoms with E-state index in [9.17, 15) is 10.1 Å². The molecule has 0 unspecified atom stereocenters. The van der Waals surface area contributed by atoms with Gasteiger partial charge in [0.05, 0.1) is 0 Å². The Morgan fingerprint density at radius 3 is 2.60 bits per heavy atom. The SMILES string of the molecule is N#CCOc1ccc(Br)cc1/C=C(\C#N)C(=O)Nc1ccc(Cl)cc1. The normalized spacial score (nSPS) is 10.5. The molecule has 0 saturated heterocycles. The van der Waals surface area contributed by atoms with E-state index >= 15 is 0 Å². The van der Waals surface area contributed by atoms with Gasteiger partial charge in [-0.15, -0.1) is 0 Å². The van der Waals surface area contributed by atoms with Crippen LogP contribution in [0.25, 0.3) is 6.08 Å². The van der Waals surface area contributed by atoms with Crippen molar-refractivity contribution in [3.05, 3.63) is 63.1 Å².